The molecule has 2 aromatic rings. The zero-order valence-electron chi connectivity index (χ0n) is 36.3. The van der Waals surface area contributed by atoms with Crippen molar-refractivity contribution in [1.82, 2.24) is 31.5 Å². The van der Waals surface area contributed by atoms with Crippen molar-refractivity contribution >= 4 is 64.3 Å². The van der Waals surface area contributed by atoms with Gasteiger partial charge in [0.2, 0.25) is 17.7 Å². The number of phenolic OH excluding ortho intramolecular Hbond substituents is 1. The van der Waals surface area contributed by atoms with Gasteiger partial charge in [0, 0.05) is 54.9 Å². The first-order valence-electron chi connectivity index (χ1n) is 21.9. The molecule has 4 aliphatic heterocycles. The molecule has 364 valence electrons. The summed E-state index contributed by atoms with van der Waals surface area (Å²) < 4.78 is 57.1. The Balaban J connectivity index is 0.843. The Morgan fingerprint density at radius 3 is 2.13 bits per heavy atom. The number of thioether (sulfide) groups is 2. The van der Waals surface area contributed by atoms with Gasteiger partial charge in [0.15, 0.2) is 0 Å². The molecule has 8 amide bonds. The van der Waals surface area contributed by atoms with E-state index in [2.05, 4.69) is 36.8 Å². The second-order valence-electron chi connectivity index (χ2n) is 16.0. The predicted octanol–water partition coefficient (Wildman–Crippen LogP) is 3.68. The van der Waals surface area contributed by atoms with Gasteiger partial charge in [0.05, 0.1) is 50.2 Å². The summed E-state index contributed by atoms with van der Waals surface area (Å²) in [6, 6.07) is 8.84. The molecule has 3 saturated heterocycles. The van der Waals surface area contributed by atoms with E-state index in [0.717, 1.165) is 49.3 Å². The van der Waals surface area contributed by atoms with Crippen LogP contribution >= 0.6 is 23.5 Å². The fourth-order valence-electron chi connectivity index (χ4n) is 7.49. The molecule has 4 heterocycles. The molecule has 1 unspecified atom stereocenters. The Hall–Kier alpha value is -5.30. The lowest BCUT2D eigenvalue weighted by Crippen LogP contribution is -2.50. The lowest BCUT2D eigenvalue weighted by atomic mass is 10.0. The van der Waals surface area contributed by atoms with Crippen molar-refractivity contribution in [1.29, 1.82) is 0 Å². The number of nitrogens with zero attached hydrogens (tertiary/aromatic N) is 3. The maximum absolute atomic E-state index is 13.5. The van der Waals surface area contributed by atoms with Gasteiger partial charge in [-0.05, 0) is 61.9 Å². The number of alkyl halides is 3. The molecule has 0 bridgehead atoms. The molecule has 24 heteroatoms. The van der Waals surface area contributed by atoms with E-state index >= 15 is 0 Å². The number of amides is 8. The molecule has 2 aromatic carbocycles. The predicted molar refractivity (Wildman–Crippen MR) is 237 cm³/mol. The van der Waals surface area contributed by atoms with Crippen LogP contribution in [0.25, 0.3) is 0 Å². The van der Waals surface area contributed by atoms with Gasteiger partial charge in [0.25, 0.3) is 17.1 Å². The van der Waals surface area contributed by atoms with Gasteiger partial charge in [-0.2, -0.15) is 24.9 Å². The monoisotopic (exact) mass is 978 g/mol. The normalized spacial score (nSPS) is 20.8. The highest BCUT2D eigenvalue weighted by Gasteiger charge is 2.65. The third-order valence-corrected chi connectivity index (χ3v) is 13.7. The molecule has 5 atom stereocenters. The number of urea groups is 1. The number of carbonyl (C=O) groups is 7. The summed E-state index contributed by atoms with van der Waals surface area (Å²) in [5, 5.41) is 28.2. The third kappa shape index (κ3) is 14.4. The minimum Gasteiger partial charge on any atom is -0.508 e. The Kier molecular flexibility index (Phi) is 18.4. The minimum atomic E-state index is -4.79. The Bertz CT molecular complexity index is 2110. The smallest absolute Gasteiger partial charge is 0.442 e. The second-order valence-corrected chi connectivity index (χ2v) is 18.5. The largest absolute Gasteiger partial charge is 0.508 e. The number of carbonyl (C=O) groups excluding carboxylic acids is 7. The quantitative estimate of drug-likeness (QED) is 0.0553. The van der Waals surface area contributed by atoms with Crippen molar-refractivity contribution in [2.24, 2.45) is 10.2 Å². The van der Waals surface area contributed by atoms with Gasteiger partial charge in [-0.25, -0.2) is 9.69 Å². The first kappa shape index (κ1) is 51.1. The van der Waals surface area contributed by atoms with E-state index in [1.807, 2.05) is 11.8 Å². The van der Waals surface area contributed by atoms with E-state index in [1.165, 1.54) is 12.1 Å². The molecular weight excluding hydrogens is 926 g/mol. The number of hydrogen-bond acceptors (Lipinski definition) is 15. The first-order chi connectivity index (χ1) is 32.1. The summed E-state index contributed by atoms with van der Waals surface area (Å²) >= 11 is 2.49. The van der Waals surface area contributed by atoms with Crippen LogP contribution in [0.3, 0.4) is 0 Å². The van der Waals surface area contributed by atoms with Gasteiger partial charge in [0.1, 0.15) is 11.8 Å². The molecule has 3 fully saturated rings. The third-order valence-electron chi connectivity index (χ3n) is 11.2. The van der Waals surface area contributed by atoms with Crippen LogP contribution in [0.2, 0.25) is 0 Å². The average molecular weight is 979 g/mol. The summed E-state index contributed by atoms with van der Waals surface area (Å²) in [5.74, 6) is -2.69. The molecule has 67 heavy (non-hydrogen) atoms. The molecule has 0 aliphatic carbocycles. The van der Waals surface area contributed by atoms with Crippen LogP contribution in [0.15, 0.2) is 58.8 Å². The molecule has 0 radical (unpaired) electrons. The van der Waals surface area contributed by atoms with Crippen LogP contribution in [0.5, 0.6) is 5.75 Å². The molecule has 6 rings (SSSR count). The van der Waals surface area contributed by atoms with Crippen LogP contribution in [0.1, 0.15) is 66.4 Å². The zero-order valence-corrected chi connectivity index (χ0v) is 38.0. The molecule has 19 nitrogen and oxygen atoms in total. The lowest BCUT2D eigenvalue weighted by molar-refractivity contribution is -0.166. The SMILES string of the molecule is O=C(CCCC[C@@H]1SC[C@H]2NC(=O)N[C@@H]12)NCCCOCCOCCOCCCNC(=O)[C@@H](CC(=O)N1C(=O)SC(Cc2ccc(O)cc2)C1=O)NC(=O)c1ccc(C2(C(F)(F)F)N=N2)cc1. The van der Waals surface area contributed by atoms with Crippen molar-refractivity contribution in [2.75, 3.05) is 58.5 Å². The van der Waals surface area contributed by atoms with E-state index in [4.69, 9.17) is 14.2 Å². The van der Waals surface area contributed by atoms with Crippen LogP contribution < -0.4 is 26.6 Å². The van der Waals surface area contributed by atoms with Crippen LogP contribution in [-0.2, 0) is 45.5 Å². The number of benzene rings is 2. The summed E-state index contributed by atoms with van der Waals surface area (Å²) in [5.41, 5.74) is -2.56. The van der Waals surface area contributed by atoms with Gasteiger partial charge < -0.3 is 45.9 Å². The van der Waals surface area contributed by atoms with Gasteiger partial charge in [-0.1, -0.05) is 42.4 Å². The number of nitrogens with one attached hydrogen (secondary N) is 5. The highest BCUT2D eigenvalue weighted by molar-refractivity contribution is 8.15. The first-order valence-corrected chi connectivity index (χ1v) is 23.8. The maximum Gasteiger partial charge on any atom is 0.442 e. The van der Waals surface area contributed by atoms with Crippen LogP contribution in [-0.4, -0.2) is 144 Å². The van der Waals surface area contributed by atoms with E-state index in [0.29, 0.717) is 73.1 Å². The van der Waals surface area contributed by atoms with Crippen molar-refractivity contribution in [3.63, 3.8) is 0 Å². The standard InChI is InChI=1S/C43H53F3N8O11S2/c44-43(45,46)42(52-53-42)28-11-9-27(10-12-28)37(58)49-30(24-35(57)54-39(60)33(67-41(54)62)23-26-7-13-29(55)14-8-26)38(59)48-16-4-18-64-20-22-65-21-19-63-17-3-15-47-34(56)6-2-1-5-32-36-31(25-66-32)50-40(61)51-36/h7-14,30-33,36,55H,1-6,15-25H2,(H,47,56)(H,48,59)(H,49,58)(H2,50,51,61)/t30-,31-,32+,33?,36-/m1/s1. The zero-order chi connectivity index (χ0) is 48.0. The Labute approximate surface area is 392 Å². The van der Waals surface area contributed by atoms with Crippen LogP contribution in [0.4, 0.5) is 22.8 Å². The van der Waals surface area contributed by atoms with Gasteiger partial charge in [-0.3, -0.25) is 28.8 Å². The topological polar surface area (TPSA) is 256 Å². The Morgan fingerprint density at radius 2 is 1.49 bits per heavy atom. The second kappa shape index (κ2) is 24.1. The summed E-state index contributed by atoms with van der Waals surface area (Å²) in [7, 11) is 0. The number of aromatic hydroxyl groups is 1. The van der Waals surface area contributed by atoms with Crippen molar-refractivity contribution in [3.05, 3.63) is 65.2 Å². The fourth-order valence-corrected chi connectivity index (χ4v) is 10.1. The summed E-state index contributed by atoms with van der Waals surface area (Å²) in [6.07, 6.45) is -1.41. The number of fused-ring (bicyclic) bond motifs is 1. The van der Waals surface area contributed by atoms with E-state index in [9.17, 15) is 51.8 Å². The lowest BCUT2D eigenvalue weighted by Gasteiger charge is -2.20. The number of hydrogen-bond donors (Lipinski definition) is 6. The van der Waals surface area contributed by atoms with Crippen molar-refractivity contribution in [3.8, 4) is 5.75 Å². The van der Waals surface area contributed by atoms with Gasteiger partial charge in [-0.15, -0.1) is 10.2 Å². The highest BCUT2D eigenvalue weighted by atomic mass is 32.2. The molecule has 0 spiro atoms. The fraction of sp³-hybridized carbons (Fsp3) is 0.558. The van der Waals surface area contributed by atoms with Crippen molar-refractivity contribution < 1.29 is 66.1 Å². The number of imide groups is 3. The molecule has 4 aliphatic rings. The molecule has 6 N–H and O–H groups in total. The van der Waals surface area contributed by atoms with E-state index in [1.54, 1.807) is 12.1 Å². The molecule has 0 saturated carbocycles. The summed E-state index contributed by atoms with van der Waals surface area (Å²) in [4.78, 5) is 90.3. The molecular formula is C43H53F3N8O11S2. The number of ether oxygens (including phenoxy) is 3. The minimum absolute atomic E-state index is 0.00354. The number of rotatable bonds is 27. The highest BCUT2D eigenvalue weighted by Crippen LogP contribution is 2.52. The van der Waals surface area contributed by atoms with Gasteiger partial charge >= 0.3 is 17.9 Å². The van der Waals surface area contributed by atoms with E-state index < -0.39 is 58.4 Å². The summed E-state index contributed by atoms with van der Waals surface area (Å²) in [6.45, 7) is 2.42. The Morgan fingerprint density at radius 1 is 0.851 bits per heavy atom. The number of halogens is 3. The van der Waals surface area contributed by atoms with Crippen molar-refractivity contribution in [2.45, 2.75) is 91.8 Å². The number of phenols is 1. The molecule has 0 aromatic heterocycles. The van der Waals surface area contributed by atoms with Crippen LogP contribution in [0, 0.1) is 0 Å². The number of unbranched alkanes of at least 4 members (excludes halogenated alkanes) is 1. The average Bonchev–Trinajstić information content (AvgIpc) is 3.84. The van der Waals surface area contributed by atoms with E-state index in [-0.39, 0.29) is 73.7 Å². The maximum atomic E-state index is 13.5.